The Bertz CT molecular complexity index is 1260. The van der Waals surface area contributed by atoms with Crippen molar-refractivity contribution in [3.8, 4) is 0 Å². The molecule has 0 bridgehead atoms. The van der Waals surface area contributed by atoms with Crippen molar-refractivity contribution in [3.63, 3.8) is 0 Å². The normalized spacial score (nSPS) is 15.1. The van der Waals surface area contributed by atoms with Crippen molar-refractivity contribution in [3.05, 3.63) is 109 Å². The van der Waals surface area contributed by atoms with Crippen LogP contribution in [0.2, 0.25) is 0 Å². The highest BCUT2D eigenvalue weighted by molar-refractivity contribution is 7.47. The third-order valence-corrected chi connectivity index (χ3v) is 8.32. The number of carbonyl (C=O) groups excluding carboxylic acids is 2. The summed E-state index contributed by atoms with van der Waals surface area (Å²) in [6, 6.07) is 0. The van der Waals surface area contributed by atoms with Crippen molar-refractivity contribution in [2.45, 2.75) is 122 Å². The first-order valence-electron chi connectivity index (χ1n) is 19.5. The van der Waals surface area contributed by atoms with Gasteiger partial charge in [-0.05, 0) is 51.4 Å². The van der Waals surface area contributed by atoms with E-state index in [0.717, 1.165) is 70.6 Å². The van der Waals surface area contributed by atoms with Crippen LogP contribution in [0.1, 0.15) is 110 Å². The summed E-state index contributed by atoms with van der Waals surface area (Å²) >= 11 is 0. The summed E-state index contributed by atoms with van der Waals surface area (Å²) in [7, 11) is -4.64. The van der Waals surface area contributed by atoms with Crippen molar-refractivity contribution in [2.24, 2.45) is 0 Å². The molecule has 3 atom stereocenters. The van der Waals surface area contributed by atoms with Gasteiger partial charge in [-0.25, -0.2) is 4.57 Å². The van der Waals surface area contributed by atoms with Gasteiger partial charge >= 0.3 is 19.8 Å². The second-order valence-corrected chi connectivity index (χ2v) is 13.9. The molecule has 10 nitrogen and oxygen atoms in total. The number of phosphoric ester groups is 1. The zero-order chi connectivity index (χ0) is 39.8. The van der Waals surface area contributed by atoms with E-state index in [1.54, 1.807) is 0 Å². The number of esters is 2. The average molecular weight is 775 g/mol. The molecule has 0 aromatic carbocycles. The fourth-order valence-electron chi connectivity index (χ4n) is 4.38. The number of hydrogen-bond acceptors (Lipinski definition) is 9. The molecule has 0 fully saturated rings. The summed E-state index contributed by atoms with van der Waals surface area (Å²) < 4.78 is 32.5. The highest BCUT2D eigenvalue weighted by Crippen LogP contribution is 2.43. The molecule has 0 aliphatic carbocycles. The second kappa shape index (κ2) is 37.9. The molecule has 0 saturated carbocycles. The molecule has 0 amide bonds. The number of rotatable bonds is 34. The molecule has 0 heterocycles. The topological polar surface area (TPSA) is 149 Å². The highest BCUT2D eigenvalue weighted by Gasteiger charge is 2.27. The van der Waals surface area contributed by atoms with Gasteiger partial charge in [0.25, 0.3) is 0 Å². The van der Waals surface area contributed by atoms with Gasteiger partial charge in [-0.2, -0.15) is 0 Å². The van der Waals surface area contributed by atoms with Crippen molar-refractivity contribution >= 4 is 19.8 Å². The van der Waals surface area contributed by atoms with E-state index in [-0.39, 0.29) is 19.4 Å². The summed E-state index contributed by atoms with van der Waals surface area (Å²) in [6.45, 7) is 2.02. The highest BCUT2D eigenvalue weighted by atomic mass is 31.2. The van der Waals surface area contributed by atoms with E-state index in [1.807, 2.05) is 79.0 Å². The fourth-order valence-corrected chi connectivity index (χ4v) is 5.17. The van der Waals surface area contributed by atoms with Crippen LogP contribution in [-0.4, -0.2) is 65.7 Å². The molecule has 0 saturated heterocycles. The van der Waals surface area contributed by atoms with E-state index in [0.29, 0.717) is 12.8 Å². The van der Waals surface area contributed by atoms with Crippen molar-refractivity contribution in [1.82, 2.24) is 0 Å². The van der Waals surface area contributed by atoms with E-state index in [4.69, 9.17) is 19.1 Å². The van der Waals surface area contributed by atoms with Crippen molar-refractivity contribution in [1.29, 1.82) is 0 Å². The lowest BCUT2D eigenvalue weighted by molar-refractivity contribution is -0.161. The van der Waals surface area contributed by atoms with Crippen molar-refractivity contribution < 1.29 is 47.8 Å². The quantitative estimate of drug-likeness (QED) is 0.0250. The zero-order valence-electron chi connectivity index (χ0n) is 32.6. The lowest BCUT2D eigenvalue weighted by atomic mass is 10.1. The number of hydrogen-bond donors (Lipinski definition) is 3. The first-order valence-corrected chi connectivity index (χ1v) is 21.0. The van der Waals surface area contributed by atoms with Crippen LogP contribution in [0.4, 0.5) is 0 Å². The molecule has 0 aromatic heterocycles. The summed E-state index contributed by atoms with van der Waals surface area (Å²) in [6.07, 6.45) is 46.3. The number of allylic oxidation sites excluding steroid dienone is 18. The molecule has 0 spiro atoms. The zero-order valence-corrected chi connectivity index (χ0v) is 33.5. The largest absolute Gasteiger partial charge is 0.472 e. The number of aliphatic hydroxyl groups excluding tert-OH is 2. The third-order valence-electron chi connectivity index (χ3n) is 7.36. The van der Waals surface area contributed by atoms with Crippen LogP contribution in [0, 0.1) is 0 Å². The van der Waals surface area contributed by atoms with E-state index >= 15 is 0 Å². The third kappa shape index (κ3) is 37.0. The van der Waals surface area contributed by atoms with Gasteiger partial charge in [0, 0.05) is 12.8 Å². The van der Waals surface area contributed by atoms with Gasteiger partial charge in [0.15, 0.2) is 6.10 Å². The summed E-state index contributed by atoms with van der Waals surface area (Å²) in [5.41, 5.74) is 0. The molecule has 0 aliphatic rings. The molecule has 0 aromatic rings. The predicted molar refractivity (Wildman–Crippen MR) is 219 cm³/mol. The Morgan fingerprint density at radius 3 is 1.56 bits per heavy atom. The first-order chi connectivity index (χ1) is 26.2. The molecule has 2 unspecified atom stereocenters. The Labute approximate surface area is 325 Å². The van der Waals surface area contributed by atoms with E-state index in [2.05, 4.69) is 48.8 Å². The Kier molecular flexibility index (Phi) is 35.6. The Morgan fingerprint density at radius 1 is 0.574 bits per heavy atom. The number of ether oxygens (including phenoxy) is 2. The van der Waals surface area contributed by atoms with E-state index < -0.39 is 51.8 Å². The monoisotopic (exact) mass is 774 g/mol. The minimum Gasteiger partial charge on any atom is -0.462 e. The number of aliphatic hydroxyl groups is 2. The Hall–Kier alpha value is -3.37. The molecular formula is C43H67O10P. The minimum atomic E-state index is -4.64. The van der Waals surface area contributed by atoms with Gasteiger partial charge in [0.1, 0.15) is 12.7 Å². The summed E-state index contributed by atoms with van der Waals surface area (Å²) in [4.78, 5) is 34.9. The maximum absolute atomic E-state index is 12.5. The van der Waals surface area contributed by atoms with Gasteiger partial charge in [-0.3, -0.25) is 18.6 Å². The maximum Gasteiger partial charge on any atom is 0.472 e. The van der Waals surface area contributed by atoms with Gasteiger partial charge in [0.05, 0.1) is 19.8 Å². The lowest BCUT2D eigenvalue weighted by Gasteiger charge is -2.20. The maximum atomic E-state index is 12.5. The van der Waals surface area contributed by atoms with E-state index in [9.17, 15) is 24.2 Å². The lowest BCUT2D eigenvalue weighted by Crippen LogP contribution is -2.29. The van der Waals surface area contributed by atoms with Crippen LogP contribution in [0.5, 0.6) is 0 Å². The molecule has 0 rings (SSSR count). The SMILES string of the molecule is CC/C=C/C=C/C=C/C=C/CCCCCC(=O)OC(COC(=O)CCCCCCC/C=C/C=C/C=C/C=C/C=C/CCC)COP(=O)(O)OC[C@H](O)CO. The van der Waals surface area contributed by atoms with Crippen molar-refractivity contribution in [2.75, 3.05) is 26.4 Å². The summed E-state index contributed by atoms with van der Waals surface area (Å²) in [5.74, 6) is -1.02. The van der Waals surface area contributed by atoms with Crippen LogP contribution in [0.15, 0.2) is 109 Å². The van der Waals surface area contributed by atoms with Crippen LogP contribution < -0.4 is 0 Å². The standard InChI is InChI=1S/C43H67O10P/c1-3-5-7-9-11-13-15-17-18-19-20-21-23-24-26-28-30-32-34-42(46)50-38-41(39-52-54(48,49)51-37-40(45)36-44)53-43(47)35-33-31-29-27-25-22-16-14-12-10-8-6-4-2/h6-22,25,40-41,44-45H,3-5,23-24,26-39H2,1-2H3,(H,48,49)/b8-6+,9-7+,12-10+,13-11+,16-14+,17-15+,19-18+,21-20+,25-22+/t40-,41?/m1/s1. The predicted octanol–water partition coefficient (Wildman–Crippen LogP) is 9.83. The molecule has 0 radical (unpaired) electrons. The van der Waals surface area contributed by atoms with Crippen LogP contribution >= 0.6 is 7.82 Å². The second-order valence-electron chi connectivity index (χ2n) is 12.4. The Morgan fingerprint density at radius 2 is 1.02 bits per heavy atom. The van der Waals surface area contributed by atoms with Gasteiger partial charge in [-0.1, -0.05) is 155 Å². The number of carbonyl (C=O) groups is 2. The smallest absolute Gasteiger partial charge is 0.462 e. The Balaban J connectivity index is 4.49. The molecule has 0 aliphatic heterocycles. The summed E-state index contributed by atoms with van der Waals surface area (Å²) in [5, 5.41) is 18.3. The van der Waals surface area contributed by atoms with Crippen LogP contribution in [0.3, 0.4) is 0 Å². The molecule has 11 heteroatoms. The van der Waals surface area contributed by atoms with E-state index in [1.165, 1.54) is 0 Å². The fraction of sp³-hybridized carbons (Fsp3) is 0.535. The number of phosphoric acid groups is 1. The number of unbranched alkanes of at least 4 members (excludes halogenated alkanes) is 9. The van der Waals surface area contributed by atoms with Crippen LogP contribution in [0.25, 0.3) is 0 Å². The molecule has 54 heavy (non-hydrogen) atoms. The minimum absolute atomic E-state index is 0.124. The van der Waals surface area contributed by atoms with Gasteiger partial charge in [0.2, 0.25) is 0 Å². The van der Waals surface area contributed by atoms with Gasteiger partial charge in [-0.15, -0.1) is 0 Å². The van der Waals surface area contributed by atoms with Crippen LogP contribution in [-0.2, 0) is 32.7 Å². The first kappa shape index (κ1) is 50.6. The molecule has 3 N–H and O–H groups in total. The average Bonchev–Trinajstić information content (AvgIpc) is 3.16. The molecule has 304 valence electrons. The van der Waals surface area contributed by atoms with Gasteiger partial charge < -0.3 is 24.6 Å². The molecular weight excluding hydrogens is 707 g/mol.